The van der Waals surface area contributed by atoms with E-state index in [0.29, 0.717) is 31.7 Å². The van der Waals surface area contributed by atoms with E-state index in [1.807, 2.05) is 0 Å². The van der Waals surface area contributed by atoms with Gasteiger partial charge in [0.1, 0.15) is 10.6 Å². The summed E-state index contributed by atoms with van der Waals surface area (Å²) in [5.74, 6) is -0.519. The van der Waals surface area contributed by atoms with E-state index in [1.165, 1.54) is 16.4 Å². The third-order valence-electron chi connectivity index (χ3n) is 3.91. The van der Waals surface area contributed by atoms with Crippen LogP contribution in [-0.2, 0) is 19.6 Å². The summed E-state index contributed by atoms with van der Waals surface area (Å²) in [6, 6.07) is 2.69. The van der Waals surface area contributed by atoms with Crippen LogP contribution in [0.3, 0.4) is 0 Å². The van der Waals surface area contributed by atoms with Crippen molar-refractivity contribution in [3.05, 3.63) is 22.2 Å². The first-order valence-corrected chi connectivity index (χ1v) is 10.3. The lowest BCUT2D eigenvalue weighted by molar-refractivity contribution is -0.149. The van der Waals surface area contributed by atoms with Crippen molar-refractivity contribution in [1.29, 1.82) is 0 Å². The second-order valence-corrected chi connectivity index (χ2v) is 8.32. The summed E-state index contributed by atoms with van der Waals surface area (Å²) in [5.41, 5.74) is 0. The highest BCUT2D eigenvalue weighted by Crippen LogP contribution is 2.36. The normalized spacial score (nSPS) is 18.8. The van der Waals surface area contributed by atoms with Crippen LogP contribution in [0.5, 0.6) is 5.75 Å². The summed E-state index contributed by atoms with van der Waals surface area (Å²) >= 11 is 12.3. The van der Waals surface area contributed by atoms with Crippen molar-refractivity contribution in [1.82, 2.24) is 4.31 Å². The SMILES string of the molecule is CCOC(=O)C1CCCN(S(=O)(=O)c2cc(Cl)c(OCC)cc2Cl)C1. The molecule has 1 aromatic rings. The van der Waals surface area contributed by atoms with Gasteiger partial charge in [0.05, 0.1) is 29.2 Å². The average molecular weight is 410 g/mol. The summed E-state index contributed by atoms with van der Waals surface area (Å²) < 4.78 is 37.5. The molecule has 1 aliphatic rings. The van der Waals surface area contributed by atoms with Crippen LogP contribution in [0.25, 0.3) is 0 Å². The van der Waals surface area contributed by atoms with Crippen molar-refractivity contribution in [2.24, 2.45) is 5.92 Å². The number of rotatable bonds is 6. The summed E-state index contributed by atoms with van der Waals surface area (Å²) in [6.45, 7) is 4.55. The number of sulfonamides is 1. The molecule has 6 nitrogen and oxygen atoms in total. The van der Waals surface area contributed by atoms with E-state index < -0.39 is 15.9 Å². The molecule has 0 N–H and O–H groups in total. The van der Waals surface area contributed by atoms with Gasteiger partial charge in [0.2, 0.25) is 10.0 Å². The minimum absolute atomic E-state index is 0.0334. The van der Waals surface area contributed by atoms with Crippen molar-refractivity contribution >= 4 is 39.2 Å². The van der Waals surface area contributed by atoms with Crippen LogP contribution in [0.4, 0.5) is 0 Å². The molecule has 1 fully saturated rings. The van der Waals surface area contributed by atoms with Crippen LogP contribution < -0.4 is 4.74 Å². The fraction of sp³-hybridized carbons (Fsp3) is 0.562. The van der Waals surface area contributed by atoms with Gasteiger partial charge in [-0.3, -0.25) is 4.79 Å². The zero-order valence-corrected chi connectivity index (χ0v) is 16.5. The third kappa shape index (κ3) is 4.58. The Labute approximate surface area is 158 Å². The number of piperidine rings is 1. The Bertz CT molecular complexity index is 738. The molecule has 1 saturated heterocycles. The van der Waals surface area contributed by atoms with E-state index in [4.69, 9.17) is 32.7 Å². The monoisotopic (exact) mass is 409 g/mol. The fourth-order valence-electron chi connectivity index (χ4n) is 2.73. The number of hydrogen-bond donors (Lipinski definition) is 0. The summed E-state index contributed by atoms with van der Waals surface area (Å²) in [7, 11) is -3.87. The molecule has 0 amide bonds. The second kappa shape index (κ2) is 8.58. The summed E-state index contributed by atoms with van der Waals surface area (Å²) in [5, 5.41) is 0.204. The number of nitrogens with zero attached hydrogens (tertiary/aromatic N) is 1. The van der Waals surface area contributed by atoms with E-state index in [-0.39, 0.29) is 34.1 Å². The van der Waals surface area contributed by atoms with Crippen LogP contribution in [-0.4, -0.2) is 45.0 Å². The maximum Gasteiger partial charge on any atom is 0.310 e. The predicted molar refractivity (Wildman–Crippen MR) is 95.7 cm³/mol. The van der Waals surface area contributed by atoms with Gasteiger partial charge in [-0.15, -0.1) is 0 Å². The molecule has 0 aromatic heterocycles. The van der Waals surface area contributed by atoms with Crippen LogP contribution in [0, 0.1) is 5.92 Å². The Kier molecular flexibility index (Phi) is 6.96. The first-order valence-electron chi connectivity index (χ1n) is 8.09. The van der Waals surface area contributed by atoms with E-state index in [2.05, 4.69) is 0 Å². The predicted octanol–water partition coefficient (Wildman–Crippen LogP) is 3.36. The molecule has 1 unspecified atom stereocenters. The van der Waals surface area contributed by atoms with Gasteiger partial charge < -0.3 is 9.47 Å². The highest BCUT2D eigenvalue weighted by atomic mass is 35.5. The molecule has 1 aromatic carbocycles. The minimum Gasteiger partial charge on any atom is -0.492 e. The quantitative estimate of drug-likeness (QED) is 0.673. The fourth-order valence-corrected chi connectivity index (χ4v) is 5.05. The van der Waals surface area contributed by atoms with Crippen molar-refractivity contribution < 1.29 is 22.7 Å². The number of benzene rings is 1. The van der Waals surface area contributed by atoms with Crippen molar-refractivity contribution in [2.45, 2.75) is 31.6 Å². The van der Waals surface area contributed by atoms with Gasteiger partial charge in [-0.1, -0.05) is 23.2 Å². The number of esters is 1. The number of carbonyl (C=O) groups is 1. The largest absolute Gasteiger partial charge is 0.492 e. The van der Waals surface area contributed by atoms with Gasteiger partial charge in [0.15, 0.2) is 0 Å². The molecule has 1 aliphatic heterocycles. The van der Waals surface area contributed by atoms with Gasteiger partial charge >= 0.3 is 5.97 Å². The minimum atomic E-state index is -3.87. The Morgan fingerprint density at radius 2 is 1.96 bits per heavy atom. The molecule has 0 saturated carbocycles. The molecule has 0 spiro atoms. The molecule has 140 valence electrons. The third-order valence-corrected chi connectivity index (χ3v) is 6.53. The molecule has 1 heterocycles. The first-order chi connectivity index (χ1) is 11.8. The number of halogens is 2. The summed E-state index contributed by atoms with van der Waals surface area (Å²) in [6.07, 6.45) is 1.17. The van der Waals surface area contributed by atoms with Crippen LogP contribution in [0.15, 0.2) is 17.0 Å². The smallest absolute Gasteiger partial charge is 0.310 e. The molecule has 0 bridgehead atoms. The Hall–Kier alpha value is -1.02. The summed E-state index contributed by atoms with van der Waals surface area (Å²) in [4.78, 5) is 11.8. The molecule has 9 heteroatoms. The van der Waals surface area contributed by atoms with E-state index >= 15 is 0 Å². The van der Waals surface area contributed by atoms with Gasteiger partial charge in [0, 0.05) is 19.2 Å². The molecule has 0 aliphatic carbocycles. The molecule has 1 atom stereocenters. The zero-order valence-electron chi connectivity index (χ0n) is 14.1. The lowest BCUT2D eigenvalue weighted by Gasteiger charge is -2.31. The Morgan fingerprint density at radius 3 is 2.60 bits per heavy atom. The van der Waals surface area contributed by atoms with Crippen LogP contribution in [0.1, 0.15) is 26.7 Å². The van der Waals surface area contributed by atoms with Crippen LogP contribution >= 0.6 is 23.2 Å². The highest BCUT2D eigenvalue weighted by molar-refractivity contribution is 7.89. The van der Waals surface area contributed by atoms with Gasteiger partial charge in [-0.2, -0.15) is 4.31 Å². The average Bonchev–Trinajstić information content (AvgIpc) is 2.58. The topological polar surface area (TPSA) is 72.9 Å². The Morgan fingerprint density at radius 1 is 1.24 bits per heavy atom. The molecular weight excluding hydrogens is 389 g/mol. The number of hydrogen-bond acceptors (Lipinski definition) is 5. The van der Waals surface area contributed by atoms with Gasteiger partial charge in [-0.25, -0.2) is 8.42 Å². The first kappa shape index (κ1) is 20.3. The second-order valence-electron chi connectivity index (χ2n) is 5.60. The lowest BCUT2D eigenvalue weighted by Crippen LogP contribution is -2.42. The van der Waals surface area contributed by atoms with Gasteiger partial charge in [-0.05, 0) is 32.8 Å². The van der Waals surface area contributed by atoms with Crippen LogP contribution in [0.2, 0.25) is 10.0 Å². The Balaban J connectivity index is 2.29. The zero-order chi connectivity index (χ0) is 18.6. The van der Waals surface area contributed by atoms with E-state index in [1.54, 1.807) is 13.8 Å². The standard InChI is InChI=1S/C16H21Cl2NO5S/c1-3-23-14-8-13(18)15(9-12(14)17)25(21,22)19-7-5-6-11(10-19)16(20)24-4-2/h8-9,11H,3-7,10H2,1-2H3. The number of carbonyl (C=O) groups excluding carboxylic acids is 1. The molecule has 2 rings (SSSR count). The maximum absolute atomic E-state index is 12.9. The van der Waals surface area contributed by atoms with E-state index in [9.17, 15) is 13.2 Å². The molecule has 25 heavy (non-hydrogen) atoms. The van der Waals surface area contributed by atoms with Crippen molar-refractivity contribution in [3.63, 3.8) is 0 Å². The van der Waals surface area contributed by atoms with Gasteiger partial charge in [0.25, 0.3) is 0 Å². The molecule has 0 radical (unpaired) electrons. The highest BCUT2D eigenvalue weighted by Gasteiger charge is 2.35. The lowest BCUT2D eigenvalue weighted by atomic mass is 10.0. The molecular formula is C16H21Cl2NO5S. The van der Waals surface area contributed by atoms with Crippen molar-refractivity contribution in [2.75, 3.05) is 26.3 Å². The van der Waals surface area contributed by atoms with Crippen molar-refractivity contribution in [3.8, 4) is 5.75 Å². The van der Waals surface area contributed by atoms with E-state index in [0.717, 1.165) is 0 Å². The maximum atomic E-state index is 12.9. The number of ether oxygens (including phenoxy) is 2.